The van der Waals surface area contributed by atoms with E-state index in [1.54, 1.807) is 0 Å². The van der Waals surface area contributed by atoms with Crippen molar-refractivity contribution in [2.45, 2.75) is 102 Å². The number of allylic oxidation sites excluding steroid dienone is 4. The topological polar surface area (TPSA) is 0 Å². The monoisotopic (exact) mass is 382 g/mol. The molecule has 0 heterocycles. The van der Waals surface area contributed by atoms with Gasteiger partial charge in [0.25, 0.3) is 0 Å². The van der Waals surface area contributed by atoms with Crippen molar-refractivity contribution in [3.63, 3.8) is 0 Å². The SMILES string of the molecule is CCCCC1CCC(CCC2CCC(C3(F)C=CCC(F)=C3F)CC2)CC1. The fraction of sp³-hybridized carbons (Fsp3) is 0.833. The van der Waals surface area contributed by atoms with Crippen molar-refractivity contribution in [1.29, 1.82) is 0 Å². The number of hydrogen-bond acceptors (Lipinski definition) is 0. The summed E-state index contributed by atoms with van der Waals surface area (Å²) in [7, 11) is 0. The van der Waals surface area contributed by atoms with E-state index >= 15 is 4.39 Å². The molecule has 0 aromatic rings. The Hall–Kier alpha value is -0.730. The van der Waals surface area contributed by atoms with E-state index in [1.165, 1.54) is 69.9 Å². The van der Waals surface area contributed by atoms with Gasteiger partial charge in [0.1, 0.15) is 5.83 Å². The first-order chi connectivity index (χ1) is 13.0. The van der Waals surface area contributed by atoms with Gasteiger partial charge in [-0.05, 0) is 36.7 Å². The second-order valence-electron chi connectivity index (χ2n) is 9.42. The molecule has 154 valence electrons. The van der Waals surface area contributed by atoms with Gasteiger partial charge in [0, 0.05) is 12.3 Å². The molecule has 1 atom stereocenters. The number of unbranched alkanes of at least 4 members (excludes halogenated alkanes) is 1. The predicted octanol–water partition coefficient (Wildman–Crippen LogP) is 8.39. The highest BCUT2D eigenvalue weighted by molar-refractivity contribution is 5.30. The maximum absolute atomic E-state index is 15.1. The molecule has 0 aromatic carbocycles. The zero-order valence-electron chi connectivity index (χ0n) is 17.0. The van der Waals surface area contributed by atoms with E-state index in [2.05, 4.69) is 6.92 Å². The van der Waals surface area contributed by atoms with E-state index in [0.29, 0.717) is 18.8 Å². The molecule has 2 saturated carbocycles. The van der Waals surface area contributed by atoms with Gasteiger partial charge in [-0.2, -0.15) is 0 Å². The molecule has 0 spiro atoms. The van der Waals surface area contributed by atoms with Gasteiger partial charge in [-0.15, -0.1) is 0 Å². The van der Waals surface area contributed by atoms with Crippen LogP contribution in [0.15, 0.2) is 23.8 Å². The lowest BCUT2D eigenvalue weighted by Crippen LogP contribution is -2.36. The van der Waals surface area contributed by atoms with Crippen LogP contribution >= 0.6 is 0 Å². The third-order valence-corrected chi connectivity index (χ3v) is 7.59. The summed E-state index contributed by atoms with van der Waals surface area (Å²) in [6, 6.07) is 0. The molecule has 3 rings (SSSR count). The highest BCUT2D eigenvalue weighted by atomic mass is 19.2. The van der Waals surface area contributed by atoms with E-state index in [9.17, 15) is 8.78 Å². The van der Waals surface area contributed by atoms with Gasteiger partial charge in [0.15, 0.2) is 11.5 Å². The van der Waals surface area contributed by atoms with Crippen LogP contribution in [0.5, 0.6) is 0 Å². The first kappa shape index (κ1) is 21.0. The van der Waals surface area contributed by atoms with Crippen LogP contribution in [0, 0.1) is 23.7 Å². The van der Waals surface area contributed by atoms with Crippen LogP contribution in [-0.2, 0) is 0 Å². The van der Waals surface area contributed by atoms with Gasteiger partial charge in [0.05, 0.1) is 0 Å². The third kappa shape index (κ3) is 5.21. The predicted molar refractivity (Wildman–Crippen MR) is 106 cm³/mol. The summed E-state index contributed by atoms with van der Waals surface area (Å²) in [5.74, 6) is 0.00951. The number of hydrogen-bond donors (Lipinski definition) is 0. The van der Waals surface area contributed by atoms with Gasteiger partial charge in [-0.1, -0.05) is 83.6 Å². The average molecular weight is 383 g/mol. The zero-order valence-corrected chi connectivity index (χ0v) is 17.0. The van der Waals surface area contributed by atoms with Crippen LogP contribution in [0.25, 0.3) is 0 Å². The molecule has 0 aromatic heterocycles. The second kappa shape index (κ2) is 9.65. The van der Waals surface area contributed by atoms with Crippen molar-refractivity contribution in [2.24, 2.45) is 23.7 Å². The van der Waals surface area contributed by atoms with Crippen molar-refractivity contribution in [3.05, 3.63) is 23.8 Å². The Morgan fingerprint density at radius 2 is 1.37 bits per heavy atom. The van der Waals surface area contributed by atoms with E-state index in [0.717, 1.165) is 24.7 Å². The summed E-state index contributed by atoms with van der Waals surface area (Å²) >= 11 is 0. The Morgan fingerprint density at radius 1 is 0.852 bits per heavy atom. The molecule has 3 heteroatoms. The first-order valence-corrected chi connectivity index (χ1v) is 11.4. The molecule has 0 radical (unpaired) electrons. The zero-order chi connectivity index (χ0) is 19.3. The minimum Gasteiger partial charge on any atom is -0.231 e. The number of rotatable bonds is 7. The smallest absolute Gasteiger partial charge is 0.185 e. The first-order valence-electron chi connectivity index (χ1n) is 11.4. The van der Waals surface area contributed by atoms with Gasteiger partial charge in [-0.3, -0.25) is 0 Å². The quantitative estimate of drug-likeness (QED) is 0.388. The lowest BCUT2D eigenvalue weighted by molar-refractivity contribution is 0.0894. The molecule has 3 aliphatic rings. The van der Waals surface area contributed by atoms with Crippen molar-refractivity contribution in [1.82, 2.24) is 0 Å². The second-order valence-corrected chi connectivity index (χ2v) is 9.42. The summed E-state index contributed by atoms with van der Waals surface area (Å²) in [6.45, 7) is 2.27. The van der Waals surface area contributed by atoms with E-state index < -0.39 is 23.2 Å². The van der Waals surface area contributed by atoms with Crippen LogP contribution < -0.4 is 0 Å². The van der Waals surface area contributed by atoms with Gasteiger partial charge >= 0.3 is 0 Å². The van der Waals surface area contributed by atoms with Gasteiger partial charge in [0.2, 0.25) is 0 Å². The molecule has 0 amide bonds. The number of halogens is 3. The summed E-state index contributed by atoms with van der Waals surface area (Å²) in [5.41, 5.74) is -2.19. The molecule has 0 bridgehead atoms. The Balaban J connectivity index is 1.38. The molecule has 0 saturated heterocycles. The molecular weight excluding hydrogens is 345 g/mol. The molecule has 0 N–H and O–H groups in total. The fourth-order valence-corrected chi connectivity index (χ4v) is 5.66. The highest BCUT2D eigenvalue weighted by Crippen LogP contribution is 2.47. The molecule has 3 aliphatic carbocycles. The van der Waals surface area contributed by atoms with Crippen LogP contribution in [0.2, 0.25) is 0 Å². The Kier molecular flexibility index (Phi) is 7.50. The fourth-order valence-electron chi connectivity index (χ4n) is 5.66. The molecule has 27 heavy (non-hydrogen) atoms. The van der Waals surface area contributed by atoms with Crippen molar-refractivity contribution in [2.75, 3.05) is 0 Å². The summed E-state index contributed by atoms with van der Waals surface area (Å²) < 4.78 is 42.7. The largest absolute Gasteiger partial charge is 0.231 e. The van der Waals surface area contributed by atoms with Crippen LogP contribution in [0.4, 0.5) is 13.2 Å². The molecule has 2 fully saturated rings. The minimum absolute atomic E-state index is 0.104. The Labute approximate surface area is 163 Å². The maximum Gasteiger partial charge on any atom is 0.185 e. The summed E-state index contributed by atoms with van der Waals surface area (Å²) in [5, 5.41) is 0. The molecule has 0 aliphatic heterocycles. The highest BCUT2D eigenvalue weighted by Gasteiger charge is 2.45. The van der Waals surface area contributed by atoms with Crippen molar-refractivity contribution in [3.8, 4) is 0 Å². The van der Waals surface area contributed by atoms with Crippen LogP contribution in [0.1, 0.15) is 96.8 Å². The Bertz CT molecular complexity index is 522. The van der Waals surface area contributed by atoms with Crippen LogP contribution in [-0.4, -0.2) is 5.67 Å². The third-order valence-electron chi connectivity index (χ3n) is 7.59. The maximum atomic E-state index is 15.1. The number of alkyl halides is 1. The standard InChI is InChI=1S/C24H37F3/c1-2-3-5-18-7-9-19(10-8-18)11-12-20-13-15-21(16-14-20)24(27)17-4-6-22(25)23(24)26/h4,17-21H,2-3,5-16H2,1H3. The molecule has 0 nitrogen and oxygen atoms in total. The summed E-state index contributed by atoms with van der Waals surface area (Å²) in [6.07, 6.45) is 18.1. The molecular formula is C24H37F3. The van der Waals surface area contributed by atoms with Crippen molar-refractivity contribution < 1.29 is 13.2 Å². The van der Waals surface area contributed by atoms with Crippen molar-refractivity contribution >= 4 is 0 Å². The lowest BCUT2D eigenvalue weighted by Gasteiger charge is -2.37. The van der Waals surface area contributed by atoms with E-state index in [1.807, 2.05) is 0 Å². The van der Waals surface area contributed by atoms with E-state index in [-0.39, 0.29) is 6.42 Å². The van der Waals surface area contributed by atoms with Gasteiger partial charge < -0.3 is 0 Å². The summed E-state index contributed by atoms with van der Waals surface area (Å²) in [4.78, 5) is 0. The normalized spacial score (nSPS) is 37.6. The average Bonchev–Trinajstić information content (AvgIpc) is 2.70. The minimum atomic E-state index is -2.19. The molecule has 1 unspecified atom stereocenters. The van der Waals surface area contributed by atoms with Crippen LogP contribution in [0.3, 0.4) is 0 Å². The Morgan fingerprint density at radius 3 is 1.93 bits per heavy atom. The van der Waals surface area contributed by atoms with Gasteiger partial charge in [-0.25, -0.2) is 13.2 Å². The lowest BCUT2D eigenvalue weighted by atomic mass is 9.70. The van der Waals surface area contributed by atoms with E-state index in [4.69, 9.17) is 0 Å².